The molecule has 0 spiro atoms. The molecule has 4 nitrogen and oxygen atoms in total. The van der Waals surface area contributed by atoms with Crippen LogP contribution in [0.25, 0.3) is 22.3 Å². The molecule has 0 aliphatic carbocycles. The van der Waals surface area contributed by atoms with Crippen molar-refractivity contribution in [3.63, 3.8) is 0 Å². The fourth-order valence-corrected chi connectivity index (χ4v) is 3.18. The van der Waals surface area contributed by atoms with E-state index in [1.807, 2.05) is 75.4 Å². The zero-order chi connectivity index (χ0) is 20.3. The number of rotatable bonds is 7. The predicted octanol–water partition coefficient (Wildman–Crippen LogP) is 6.16. The SMILES string of the molecule is C=C(C)C(=O)OC(C)(C)CC(C)Oc1ccc2cc(-c3ccccc3)oc2c1. The summed E-state index contributed by atoms with van der Waals surface area (Å²) in [6.07, 6.45) is 0.409. The summed E-state index contributed by atoms with van der Waals surface area (Å²) in [4.78, 5) is 11.8. The lowest BCUT2D eigenvalue weighted by atomic mass is 10.0. The number of esters is 1. The molecule has 0 saturated carbocycles. The summed E-state index contributed by atoms with van der Waals surface area (Å²) in [7, 11) is 0. The Morgan fingerprint density at radius 3 is 2.54 bits per heavy atom. The number of carbonyl (C=O) groups excluding carboxylic acids is 1. The molecule has 28 heavy (non-hydrogen) atoms. The highest BCUT2D eigenvalue weighted by atomic mass is 16.6. The zero-order valence-corrected chi connectivity index (χ0v) is 16.8. The van der Waals surface area contributed by atoms with Crippen LogP contribution in [0.5, 0.6) is 5.75 Å². The van der Waals surface area contributed by atoms with Crippen molar-refractivity contribution < 1.29 is 18.7 Å². The molecule has 146 valence electrons. The topological polar surface area (TPSA) is 48.7 Å². The molecule has 0 fully saturated rings. The molecule has 1 unspecified atom stereocenters. The molecule has 0 bridgehead atoms. The van der Waals surface area contributed by atoms with Crippen LogP contribution in [-0.2, 0) is 9.53 Å². The van der Waals surface area contributed by atoms with E-state index in [0.29, 0.717) is 12.0 Å². The number of hydrogen-bond acceptors (Lipinski definition) is 4. The van der Waals surface area contributed by atoms with Gasteiger partial charge in [0.2, 0.25) is 0 Å². The first-order chi connectivity index (χ1) is 13.2. The second-order valence-electron chi connectivity index (χ2n) is 7.74. The van der Waals surface area contributed by atoms with Crippen molar-refractivity contribution in [2.75, 3.05) is 0 Å². The molecular formula is C24H26O4. The third-order valence-electron chi connectivity index (χ3n) is 4.38. The highest BCUT2D eigenvalue weighted by molar-refractivity contribution is 5.87. The molecule has 3 rings (SSSR count). The van der Waals surface area contributed by atoms with Crippen LogP contribution in [0.2, 0.25) is 0 Å². The lowest BCUT2D eigenvalue weighted by Gasteiger charge is -2.28. The van der Waals surface area contributed by atoms with Crippen LogP contribution < -0.4 is 4.74 Å². The number of fused-ring (bicyclic) bond motifs is 1. The minimum Gasteiger partial charge on any atom is -0.490 e. The van der Waals surface area contributed by atoms with Gasteiger partial charge in [-0.1, -0.05) is 36.9 Å². The number of benzene rings is 2. The maximum atomic E-state index is 11.8. The van der Waals surface area contributed by atoms with Crippen molar-refractivity contribution in [1.82, 2.24) is 0 Å². The van der Waals surface area contributed by atoms with Gasteiger partial charge in [0.1, 0.15) is 22.7 Å². The van der Waals surface area contributed by atoms with Crippen LogP contribution in [0.1, 0.15) is 34.1 Å². The summed E-state index contributed by atoms with van der Waals surface area (Å²) in [5, 5.41) is 1.02. The van der Waals surface area contributed by atoms with Crippen molar-refractivity contribution >= 4 is 16.9 Å². The van der Waals surface area contributed by atoms with Crippen molar-refractivity contribution in [3.05, 3.63) is 66.7 Å². The first-order valence-corrected chi connectivity index (χ1v) is 9.38. The van der Waals surface area contributed by atoms with E-state index in [0.717, 1.165) is 28.0 Å². The van der Waals surface area contributed by atoms with Gasteiger partial charge in [0.15, 0.2) is 0 Å². The summed E-state index contributed by atoms with van der Waals surface area (Å²) in [5.41, 5.74) is 1.55. The van der Waals surface area contributed by atoms with Gasteiger partial charge in [-0.15, -0.1) is 0 Å². The highest BCUT2D eigenvalue weighted by Crippen LogP contribution is 2.31. The van der Waals surface area contributed by atoms with Gasteiger partial charge < -0.3 is 13.9 Å². The Bertz CT molecular complexity index is 982. The third-order valence-corrected chi connectivity index (χ3v) is 4.38. The molecule has 0 amide bonds. The Hall–Kier alpha value is -3.01. The van der Waals surface area contributed by atoms with E-state index in [2.05, 4.69) is 6.58 Å². The van der Waals surface area contributed by atoms with Crippen LogP contribution in [0.4, 0.5) is 0 Å². The number of ether oxygens (including phenoxy) is 2. The van der Waals surface area contributed by atoms with Gasteiger partial charge in [-0.05, 0) is 45.9 Å². The van der Waals surface area contributed by atoms with Crippen LogP contribution in [0, 0.1) is 0 Å². The van der Waals surface area contributed by atoms with Gasteiger partial charge in [0.05, 0.1) is 6.10 Å². The summed E-state index contributed by atoms with van der Waals surface area (Å²) in [5.74, 6) is 1.16. The van der Waals surface area contributed by atoms with E-state index in [-0.39, 0.29) is 12.1 Å². The standard InChI is InChI=1S/C24H26O4/c1-16(2)23(25)28-24(4,5)15-17(3)26-20-12-11-19-13-21(27-22(19)14-20)18-9-7-6-8-10-18/h6-14,17H,1,15H2,2-5H3. The Kier molecular flexibility index (Phi) is 5.59. The smallest absolute Gasteiger partial charge is 0.333 e. The molecule has 2 aromatic carbocycles. The van der Waals surface area contributed by atoms with Crippen molar-refractivity contribution in [1.29, 1.82) is 0 Å². The number of furan rings is 1. The normalized spacial score (nSPS) is 12.6. The largest absolute Gasteiger partial charge is 0.490 e. The molecule has 1 atom stereocenters. The van der Waals surface area contributed by atoms with E-state index in [4.69, 9.17) is 13.9 Å². The summed E-state index contributed by atoms with van der Waals surface area (Å²) in [6, 6.07) is 17.8. The first-order valence-electron chi connectivity index (χ1n) is 9.38. The summed E-state index contributed by atoms with van der Waals surface area (Å²) < 4.78 is 17.5. The predicted molar refractivity (Wildman–Crippen MR) is 111 cm³/mol. The Labute approximate surface area is 165 Å². The summed E-state index contributed by atoms with van der Waals surface area (Å²) >= 11 is 0. The second kappa shape index (κ2) is 7.93. The maximum absolute atomic E-state index is 11.8. The molecule has 0 radical (unpaired) electrons. The lowest BCUT2D eigenvalue weighted by molar-refractivity contribution is -0.153. The highest BCUT2D eigenvalue weighted by Gasteiger charge is 2.26. The van der Waals surface area contributed by atoms with E-state index in [9.17, 15) is 4.79 Å². The fourth-order valence-electron chi connectivity index (χ4n) is 3.18. The molecule has 0 N–H and O–H groups in total. The van der Waals surface area contributed by atoms with Crippen LogP contribution in [0.15, 0.2) is 71.2 Å². The number of carbonyl (C=O) groups is 1. The zero-order valence-electron chi connectivity index (χ0n) is 16.8. The van der Waals surface area contributed by atoms with E-state index in [1.54, 1.807) is 6.92 Å². The van der Waals surface area contributed by atoms with Gasteiger partial charge in [-0.3, -0.25) is 0 Å². The van der Waals surface area contributed by atoms with Gasteiger partial charge in [0.25, 0.3) is 0 Å². The molecule has 0 saturated heterocycles. The molecule has 1 aromatic heterocycles. The van der Waals surface area contributed by atoms with Crippen LogP contribution in [-0.4, -0.2) is 17.7 Å². The molecular weight excluding hydrogens is 352 g/mol. The first kappa shape index (κ1) is 19.7. The van der Waals surface area contributed by atoms with Crippen molar-refractivity contribution in [3.8, 4) is 17.1 Å². The van der Waals surface area contributed by atoms with Gasteiger partial charge >= 0.3 is 5.97 Å². The average molecular weight is 378 g/mol. The molecule has 0 aliphatic heterocycles. The molecule has 1 heterocycles. The maximum Gasteiger partial charge on any atom is 0.333 e. The van der Waals surface area contributed by atoms with E-state index < -0.39 is 5.60 Å². The van der Waals surface area contributed by atoms with E-state index in [1.165, 1.54) is 0 Å². The van der Waals surface area contributed by atoms with Gasteiger partial charge in [-0.2, -0.15) is 0 Å². The fraction of sp³-hybridized carbons (Fsp3) is 0.292. The average Bonchev–Trinajstić information content (AvgIpc) is 3.04. The lowest BCUT2D eigenvalue weighted by Crippen LogP contribution is -2.33. The third kappa shape index (κ3) is 4.83. The van der Waals surface area contributed by atoms with Crippen molar-refractivity contribution in [2.24, 2.45) is 0 Å². The van der Waals surface area contributed by atoms with Crippen LogP contribution >= 0.6 is 0 Å². The Balaban J connectivity index is 1.70. The molecule has 4 heteroatoms. The quantitative estimate of drug-likeness (QED) is 0.365. The van der Waals surface area contributed by atoms with Crippen LogP contribution in [0.3, 0.4) is 0 Å². The van der Waals surface area contributed by atoms with Gasteiger partial charge in [-0.25, -0.2) is 4.79 Å². The van der Waals surface area contributed by atoms with Gasteiger partial charge in [0, 0.05) is 29.0 Å². The monoisotopic (exact) mass is 378 g/mol. The minimum atomic E-state index is -0.648. The minimum absolute atomic E-state index is 0.145. The number of hydrogen-bond donors (Lipinski definition) is 0. The second-order valence-corrected chi connectivity index (χ2v) is 7.74. The molecule has 0 aliphatic rings. The Morgan fingerprint density at radius 2 is 1.86 bits per heavy atom. The molecule has 3 aromatic rings. The Morgan fingerprint density at radius 1 is 1.14 bits per heavy atom. The van der Waals surface area contributed by atoms with E-state index >= 15 is 0 Å². The summed E-state index contributed by atoms with van der Waals surface area (Å²) in [6.45, 7) is 11.0. The van der Waals surface area contributed by atoms with Crippen molar-refractivity contribution in [2.45, 2.75) is 45.8 Å².